The highest BCUT2D eigenvalue weighted by Crippen LogP contribution is 2.34. The molecule has 2 aromatic heterocycles. The largest absolute Gasteiger partial charge is 0.508 e. The molecule has 0 atom stereocenters. The molecule has 0 unspecified atom stereocenters. The molecule has 10 rings (SSSR count). The van der Waals surface area contributed by atoms with Crippen LogP contribution in [0.3, 0.4) is 0 Å². The molecule has 6 N–H and O–H groups in total. The predicted octanol–water partition coefficient (Wildman–Crippen LogP) is 13.6. The number of fused-ring (bicyclic) bond motifs is 2. The second-order valence-electron chi connectivity index (χ2n) is 18.0. The van der Waals surface area contributed by atoms with Gasteiger partial charge in [0.05, 0.1) is 12.7 Å². The number of ether oxygens (including phenoxy) is 1. The third-order valence-electron chi connectivity index (χ3n) is 11.8. The van der Waals surface area contributed by atoms with Crippen molar-refractivity contribution >= 4 is 45.7 Å². The van der Waals surface area contributed by atoms with Gasteiger partial charge in [-0.1, -0.05) is 102 Å². The van der Waals surface area contributed by atoms with E-state index in [1.807, 2.05) is 106 Å². The minimum Gasteiger partial charge on any atom is -0.508 e. The quantitative estimate of drug-likeness (QED) is 0.0585. The number of rotatable bonds is 9. The van der Waals surface area contributed by atoms with Crippen molar-refractivity contribution in [1.29, 1.82) is 0 Å². The van der Waals surface area contributed by atoms with E-state index in [0.717, 1.165) is 45.0 Å². The molecule has 0 saturated carbocycles. The SMILES string of the molecule is COc1ccc(-c2cc(=O)c3c(O)cc(C)cc3o2)cc1O.Cc1cc(O)c2c(=O)cc(-c3ccc(O)cc3)oc2c1.Cc1ccc(/C=C/C(=O)c2ccc(O)cc2O)cc1.Cc1ccc(C(=O)/C=C/c2ccccc2)cc1. The first kappa shape index (κ1) is 55.4. The standard InChI is InChI=1S/C17H14O5.C16H12O4.C16H14O3.C16H14O/c1-9-5-12(19)17-13(20)8-15(22-16(17)6-9)10-3-4-14(21-2)11(18)7-10;1-9-6-12(18)16-13(19)8-14(20-15(16)7-9)10-2-4-11(17)5-3-10;1-11-2-4-12(5-3-11)6-9-15(18)14-8-7-13(17)10-16(14)19;1-13-7-10-15(11-8-13)16(17)12-9-14-5-3-2-4-6-14/h3-8,18-19H,1-2H3;2-8,17-18H,1H3;2-10,17,19H,1H3;2-12H,1H3/b;;9-6+;12-9+. The molecule has 13 heteroatoms. The first-order chi connectivity index (χ1) is 37.3. The highest BCUT2D eigenvalue weighted by Gasteiger charge is 2.15. The summed E-state index contributed by atoms with van der Waals surface area (Å²) < 4.78 is 16.4. The zero-order valence-electron chi connectivity index (χ0n) is 43.1. The molecule has 2 heterocycles. The average molecular weight is 1040 g/mol. The Bertz CT molecular complexity index is 3950. The molecule has 13 nitrogen and oxygen atoms in total. The summed E-state index contributed by atoms with van der Waals surface area (Å²) >= 11 is 0. The van der Waals surface area contributed by atoms with Crippen LogP contribution in [0, 0.1) is 27.7 Å². The third kappa shape index (κ3) is 14.5. The van der Waals surface area contributed by atoms with Gasteiger partial charge in [-0.3, -0.25) is 19.2 Å². The predicted molar refractivity (Wildman–Crippen MR) is 304 cm³/mol. The maximum Gasteiger partial charge on any atom is 0.197 e. The van der Waals surface area contributed by atoms with Crippen LogP contribution in [-0.4, -0.2) is 49.3 Å². The molecular formula is C65H54O13. The van der Waals surface area contributed by atoms with E-state index in [2.05, 4.69) is 0 Å². The van der Waals surface area contributed by atoms with Gasteiger partial charge in [0.25, 0.3) is 0 Å². The number of hydrogen-bond acceptors (Lipinski definition) is 13. The Kier molecular flexibility index (Phi) is 17.9. The first-order valence-corrected chi connectivity index (χ1v) is 24.2. The van der Waals surface area contributed by atoms with Crippen LogP contribution >= 0.6 is 0 Å². The van der Waals surface area contributed by atoms with Crippen LogP contribution in [0.5, 0.6) is 40.2 Å². The van der Waals surface area contributed by atoms with Crippen molar-refractivity contribution in [3.8, 4) is 62.9 Å². The Balaban J connectivity index is 0.000000151. The topological polar surface area (TPSA) is 225 Å². The molecule has 8 aromatic carbocycles. The fraction of sp³-hybridized carbons (Fsp3) is 0.0769. The molecule has 0 fully saturated rings. The number of carbonyl (C=O) groups is 2. The van der Waals surface area contributed by atoms with Crippen molar-refractivity contribution in [1.82, 2.24) is 0 Å². The molecular weight excluding hydrogens is 989 g/mol. The summed E-state index contributed by atoms with van der Waals surface area (Å²) in [5.41, 5.74) is 7.97. The van der Waals surface area contributed by atoms with Crippen molar-refractivity contribution in [3.63, 3.8) is 0 Å². The van der Waals surface area contributed by atoms with Crippen LogP contribution in [0.4, 0.5) is 0 Å². The van der Waals surface area contributed by atoms with Crippen LogP contribution in [0.2, 0.25) is 0 Å². The molecule has 0 radical (unpaired) electrons. The fourth-order valence-electron chi connectivity index (χ4n) is 7.78. The van der Waals surface area contributed by atoms with E-state index in [4.69, 9.17) is 18.7 Å². The van der Waals surface area contributed by atoms with Crippen LogP contribution < -0.4 is 15.6 Å². The lowest BCUT2D eigenvalue weighted by molar-refractivity contribution is 0.103. The fourth-order valence-corrected chi connectivity index (χ4v) is 7.78. The minimum atomic E-state index is -0.343. The molecule has 0 aliphatic carbocycles. The van der Waals surface area contributed by atoms with E-state index in [0.29, 0.717) is 39.6 Å². The summed E-state index contributed by atoms with van der Waals surface area (Å²) in [6.07, 6.45) is 6.53. The highest BCUT2D eigenvalue weighted by atomic mass is 16.5. The summed E-state index contributed by atoms with van der Waals surface area (Å²) in [6.45, 7) is 7.61. The van der Waals surface area contributed by atoms with Crippen molar-refractivity contribution < 1.29 is 53.8 Å². The number of phenols is 6. The van der Waals surface area contributed by atoms with Crippen molar-refractivity contribution in [2.75, 3.05) is 7.11 Å². The third-order valence-corrected chi connectivity index (χ3v) is 11.8. The van der Waals surface area contributed by atoms with Gasteiger partial charge >= 0.3 is 0 Å². The van der Waals surface area contributed by atoms with Crippen LogP contribution in [0.1, 0.15) is 54.1 Å². The van der Waals surface area contributed by atoms with E-state index < -0.39 is 0 Å². The van der Waals surface area contributed by atoms with E-state index in [-0.39, 0.29) is 73.3 Å². The smallest absolute Gasteiger partial charge is 0.197 e. The number of aryl methyl sites for hydroxylation is 4. The van der Waals surface area contributed by atoms with Gasteiger partial charge in [0.2, 0.25) is 0 Å². The van der Waals surface area contributed by atoms with Gasteiger partial charge < -0.3 is 44.2 Å². The number of methoxy groups -OCH3 is 1. The Morgan fingerprint density at radius 1 is 0.436 bits per heavy atom. The van der Waals surface area contributed by atoms with Gasteiger partial charge in [-0.25, -0.2) is 0 Å². The number of allylic oxidation sites excluding steroid dienone is 2. The van der Waals surface area contributed by atoms with Crippen LogP contribution in [-0.2, 0) is 0 Å². The van der Waals surface area contributed by atoms with Gasteiger partial charge in [0.1, 0.15) is 62.2 Å². The Hall–Kier alpha value is -10.4. The first-order valence-electron chi connectivity index (χ1n) is 24.2. The highest BCUT2D eigenvalue weighted by molar-refractivity contribution is 6.09. The van der Waals surface area contributed by atoms with E-state index >= 15 is 0 Å². The lowest BCUT2D eigenvalue weighted by Crippen LogP contribution is -2.01. The van der Waals surface area contributed by atoms with Crippen molar-refractivity contribution in [2.45, 2.75) is 27.7 Å². The van der Waals surface area contributed by atoms with E-state index in [1.54, 1.807) is 55.5 Å². The summed E-state index contributed by atoms with van der Waals surface area (Å²) in [5, 5.41) is 57.9. The molecule has 78 heavy (non-hydrogen) atoms. The Morgan fingerprint density at radius 3 is 1.45 bits per heavy atom. The number of hydrogen-bond donors (Lipinski definition) is 6. The monoisotopic (exact) mass is 1040 g/mol. The summed E-state index contributed by atoms with van der Waals surface area (Å²) in [4.78, 5) is 48.0. The maximum absolute atomic E-state index is 12.2. The maximum atomic E-state index is 12.2. The van der Waals surface area contributed by atoms with Gasteiger partial charge in [0.15, 0.2) is 33.9 Å². The lowest BCUT2D eigenvalue weighted by atomic mass is 10.1. The molecule has 0 amide bonds. The van der Waals surface area contributed by atoms with Crippen LogP contribution in [0.25, 0.3) is 56.7 Å². The normalized spacial score (nSPS) is 10.8. The average Bonchev–Trinajstić information content (AvgIpc) is 3.49. The molecule has 0 aliphatic heterocycles. The van der Waals surface area contributed by atoms with E-state index in [9.17, 15) is 44.7 Å². The lowest BCUT2D eigenvalue weighted by Gasteiger charge is -2.07. The summed E-state index contributed by atoms with van der Waals surface area (Å²) in [6, 6.07) is 49.2. The minimum absolute atomic E-state index is 0.0360. The second kappa shape index (κ2) is 25.2. The number of phenolic OH excluding ortho intramolecular Hbond substituents is 6. The van der Waals surface area contributed by atoms with Crippen LogP contribution in [0.15, 0.2) is 207 Å². The van der Waals surface area contributed by atoms with Crippen molar-refractivity contribution in [3.05, 3.63) is 253 Å². The number of carbonyl (C=O) groups excluding carboxylic acids is 2. The molecule has 0 bridgehead atoms. The zero-order chi connectivity index (χ0) is 56.0. The number of ketones is 2. The van der Waals surface area contributed by atoms with Gasteiger partial charge in [-0.15, -0.1) is 0 Å². The molecule has 0 spiro atoms. The summed E-state index contributed by atoms with van der Waals surface area (Å²) in [7, 11) is 1.45. The molecule has 0 saturated heterocycles. The molecule has 10 aromatic rings. The van der Waals surface area contributed by atoms with Gasteiger partial charge in [-0.2, -0.15) is 0 Å². The second-order valence-corrected chi connectivity index (χ2v) is 18.0. The molecule has 392 valence electrons. The number of benzene rings is 8. The van der Waals surface area contributed by atoms with Crippen molar-refractivity contribution in [2.24, 2.45) is 0 Å². The molecule has 0 aliphatic rings. The Labute approximate surface area is 448 Å². The Morgan fingerprint density at radius 2 is 0.923 bits per heavy atom. The van der Waals surface area contributed by atoms with E-state index in [1.165, 1.54) is 67.8 Å². The zero-order valence-corrected chi connectivity index (χ0v) is 43.1. The van der Waals surface area contributed by atoms with Gasteiger partial charge in [-0.05, 0) is 141 Å². The van der Waals surface area contributed by atoms with Gasteiger partial charge in [0, 0.05) is 34.9 Å². The number of aromatic hydroxyl groups is 6. The summed E-state index contributed by atoms with van der Waals surface area (Å²) in [5.74, 6) is 0.384.